The Kier molecular flexibility index (Phi) is 7.30. The summed E-state index contributed by atoms with van der Waals surface area (Å²) in [7, 11) is 0. The minimum atomic E-state index is -1.61. The van der Waals surface area contributed by atoms with Crippen molar-refractivity contribution in [3.63, 3.8) is 0 Å². The molecular weight excluding hydrogens is 540 g/mol. The highest BCUT2D eigenvalue weighted by Gasteiger charge is 2.58. The van der Waals surface area contributed by atoms with Gasteiger partial charge in [-0.1, -0.05) is 6.08 Å². The number of nitrogens with one attached hydrogen (secondary N) is 2. The molecule has 0 aromatic carbocycles. The molecule has 10 atom stereocenters. The fourth-order valence-corrected chi connectivity index (χ4v) is 6.79. The van der Waals surface area contributed by atoms with Crippen molar-refractivity contribution < 1.29 is 44.3 Å². The third kappa shape index (κ3) is 4.55. The van der Waals surface area contributed by atoms with Crippen molar-refractivity contribution in [3.05, 3.63) is 44.2 Å². The zero-order valence-corrected chi connectivity index (χ0v) is 21.6. The minimum Gasteiger partial charge on any atom is -0.394 e. The van der Waals surface area contributed by atoms with Crippen molar-refractivity contribution >= 4 is 29.5 Å². The molecule has 1 aromatic rings. The molecule has 212 valence electrons. The minimum absolute atomic E-state index is 0.0841. The van der Waals surface area contributed by atoms with Gasteiger partial charge in [-0.2, -0.15) is 0 Å². The van der Waals surface area contributed by atoms with Crippen molar-refractivity contribution in [1.82, 2.24) is 19.8 Å². The first-order valence-corrected chi connectivity index (χ1v) is 13.2. The van der Waals surface area contributed by atoms with E-state index in [4.69, 9.17) is 9.47 Å². The predicted molar refractivity (Wildman–Crippen MR) is 131 cm³/mol. The van der Waals surface area contributed by atoms with Crippen molar-refractivity contribution in [2.24, 2.45) is 5.92 Å². The number of aryl methyl sites for hydroxylation is 1. The van der Waals surface area contributed by atoms with Gasteiger partial charge in [0.25, 0.3) is 11.5 Å². The lowest BCUT2D eigenvalue weighted by molar-refractivity contribution is -0.139. The maximum absolute atomic E-state index is 13.1. The van der Waals surface area contributed by atoms with E-state index in [1.54, 1.807) is 0 Å². The topological polar surface area (TPSA) is 221 Å². The number of aliphatic hydroxyl groups excluding tert-OH is 4. The summed E-state index contributed by atoms with van der Waals surface area (Å²) in [5, 5.41) is 44.2. The second-order valence-electron chi connectivity index (χ2n) is 9.95. The third-order valence-electron chi connectivity index (χ3n) is 7.50. The molecule has 1 aromatic heterocycles. The number of carbonyl (C=O) groups is 3. The predicted octanol–water partition coefficient (Wildman–Crippen LogP) is -3.93. The molecule has 5 unspecified atom stereocenters. The average Bonchev–Trinajstić information content (AvgIpc) is 3.51. The molecule has 0 radical (unpaired) electrons. The van der Waals surface area contributed by atoms with Crippen LogP contribution in [-0.2, 0) is 23.9 Å². The largest absolute Gasteiger partial charge is 0.394 e. The number of hydrogen-bond acceptors (Lipinski definition) is 12. The average molecular weight is 569 g/mol. The molecule has 0 bridgehead atoms. The molecule has 0 saturated carbocycles. The van der Waals surface area contributed by atoms with E-state index in [-0.39, 0.29) is 16.9 Å². The monoisotopic (exact) mass is 568 g/mol. The number of rotatable bonds is 5. The quantitative estimate of drug-likeness (QED) is 0.188. The van der Waals surface area contributed by atoms with Crippen LogP contribution in [0, 0.1) is 12.8 Å². The van der Waals surface area contributed by atoms with Crippen LogP contribution in [-0.4, -0.2) is 113 Å². The van der Waals surface area contributed by atoms with E-state index >= 15 is 0 Å². The molecule has 4 aliphatic heterocycles. The molecule has 5 heterocycles. The van der Waals surface area contributed by atoms with Gasteiger partial charge in [0.2, 0.25) is 11.8 Å². The number of carbonyl (C=O) groups excluding carboxylic acids is 3. The number of aliphatic hydroxyl groups is 4. The van der Waals surface area contributed by atoms with Gasteiger partial charge in [-0.15, -0.1) is 11.8 Å². The van der Waals surface area contributed by atoms with Crippen LogP contribution in [0.4, 0.5) is 0 Å². The van der Waals surface area contributed by atoms with Crippen LogP contribution in [0.5, 0.6) is 0 Å². The van der Waals surface area contributed by atoms with Gasteiger partial charge >= 0.3 is 5.69 Å². The van der Waals surface area contributed by atoms with Crippen molar-refractivity contribution in [1.29, 1.82) is 0 Å². The molecule has 3 amide bonds. The number of amides is 3. The van der Waals surface area contributed by atoms with E-state index in [2.05, 4.69) is 10.3 Å². The van der Waals surface area contributed by atoms with Gasteiger partial charge < -0.3 is 34.8 Å². The number of H-pyrrole nitrogens is 1. The molecule has 16 heteroatoms. The van der Waals surface area contributed by atoms with Gasteiger partial charge in [-0.3, -0.25) is 34.0 Å². The van der Waals surface area contributed by atoms with Gasteiger partial charge in [0.15, 0.2) is 6.23 Å². The highest BCUT2D eigenvalue weighted by atomic mass is 32.2. The van der Waals surface area contributed by atoms with Crippen LogP contribution < -0.4 is 16.6 Å². The lowest BCUT2D eigenvalue weighted by Gasteiger charge is -2.37. The van der Waals surface area contributed by atoms with E-state index in [9.17, 15) is 44.4 Å². The number of hydrogen-bond donors (Lipinski definition) is 6. The van der Waals surface area contributed by atoms with Gasteiger partial charge in [0.05, 0.1) is 24.3 Å². The number of thioether (sulfide) groups is 1. The Morgan fingerprint density at radius 3 is 2.44 bits per heavy atom. The molecule has 39 heavy (non-hydrogen) atoms. The Morgan fingerprint density at radius 1 is 1.03 bits per heavy atom. The van der Waals surface area contributed by atoms with E-state index in [0.717, 1.165) is 16.3 Å². The van der Waals surface area contributed by atoms with Crippen molar-refractivity contribution in [2.75, 3.05) is 12.4 Å². The molecule has 3 fully saturated rings. The van der Waals surface area contributed by atoms with Crippen LogP contribution in [0.15, 0.2) is 27.4 Å². The maximum Gasteiger partial charge on any atom is 0.330 e. The van der Waals surface area contributed by atoms with E-state index in [1.165, 1.54) is 31.0 Å². The summed E-state index contributed by atoms with van der Waals surface area (Å²) in [5.41, 5.74) is -1.09. The molecule has 15 nitrogen and oxygen atoms in total. The highest BCUT2D eigenvalue weighted by molar-refractivity contribution is 8.01. The summed E-state index contributed by atoms with van der Waals surface area (Å²) in [6, 6.07) is -1.17. The van der Waals surface area contributed by atoms with Gasteiger partial charge in [-0.05, 0) is 13.8 Å². The smallest absolute Gasteiger partial charge is 0.330 e. The SMILES string of the molecule is CC1=CC(C2O[C@H](CO)C(N3C(=O)CS[C@H]3C3OC(n4cc(C)c(=O)[nH]c4=O)[C@@H](O)[C@H]3O)[C@H]2O)C(=O)NC1=O. The molecule has 0 spiro atoms. The number of nitrogens with zero attached hydrogens (tertiary/aromatic N) is 2. The zero-order chi connectivity index (χ0) is 28.3. The summed E-state index contributed by atoms with van der Waals surface area (Å²) >= 11 is 1.06. The number of aromatic nitrogens is 2. The summed E-state index contributed by atoms with van der Waals surface area (Å²) in [6.45, 7) is 2.31. The summed E-state index contributed by atoms with van der Waals surface area (Å²) in [6.07, 6.45) is -7.10. The first-order chi connectivity index (χ1) is 18.4. The molecule has 6 N–H and O–H groups in total. The van der Waals surface area contributed by atoms with Gasteiger partial charge in [0, 0.05) is 17.3 Å². The molecule has 5 rings (SSSR count). The summed E-state index contributed by atoms with van der Waals surface area (Å²) in [5.74, 6) is -2.91. The third-order valence-corrected chi connectivity index (χ3v) is 8.75. The Balaban J connectivity index is 1.44. The van der Waals surface area contributed by atoms with Crippen LogP contribution in [0.2, 0.25) is 0 Å². The van der Waals surface area contributed by atoms with Crippen LogP contribution in [0.3, 0.4) is 0 Å². The van der Waals surface area contributed by atoms with Crippen LogP contribution >= 0.6 is 11.8 Å². The Morgan fingerprint density at radius 2 is 1.74 bits per heavy atom. The van der Waals surface area contributed by atoms with Crippen LogP contribution in [0.25, 0.3) is 0 Å². The first-order valence-electron chi connectivity index (χ1n) is 12.2. The molecule has 3 saturated heterocycles. The van der Waals surface area contributed by atoms with Gasteiger partial charge in [-0.25, -0.2) is 4.79 Å². The van der Waals surface area contributed by atoms with Crippen molar-refractivity contribution in [3.8, 4) is 0 Å². The fourth-order valence-electron chi connectivity index (χ4n) is 5.50. The zero-order valence-electron chi connectivity index (χ0n) is 20.8. The number of aromatic amines is 1. The standard InChI is InChI=1S/C23H28N4O11S/c1-7-3-9(20(35)24-18(7)33)16-13(30)12(10(5-28)37-16)27-11(29)6-39-22(27)17-14(31)15(32)21(38-17)26-4-8(2)19(34)25-23(26)36/h3-4,9-10,12-17,21-22,28,30-32H,5-6H2,1-2H3,(H,24,33,35)(H,25,34,36)/t9?,10-,12?,13-,14-,15+,16?,17?,21?,22+/m1/s1. The second kappa shape index (κ2) is 10.3. The first kappa shape index (κ1) is 27.7. The Labute approximate surface area is 224 Å². The molecule has 4 aliphatic rings. The summed E-state index contributed by atoms with van der Waals surface area (Å²) in [4.78, 5) is 64.9. The van der Waals surface area contributed by atoms with Crippen molar-refractivity contribution in [2.45, 2.75) is 68.1 Å². The molecular formula is C23H28N4O11S. The number of imide groups is 1. The Bertz CT molecular complexity index is 1340. The van der Waals surface area contributed by atoms with E-state index in [1.807, 2.05) is 0 Å². The van der Waals surface area contributed by atoms with Gasteiger partial charge in [0.1, 0.15) is 42.0 Å². The number of ether oxygens (including phenoxy) is 2. The second-order valence-corrected chi connectivity index (χ2v) is 11.1. The summed E-state index contributed by atoms with van der Waals surface area (Å²) < 4.78 is 12.7. The van der Waals surface area contributed by atoms with Crippen LogP contribution in [0.1, 0.15) is 18.7 Å². The van der Waals surface area contributed by atoms with E-state index < -0.39 is 95.8 Å². The lowest BCUT2D eigenvalue weighted by Crippen LogP contribution is -2.57. The maximum atomic E-state index is 13.1. The Hall–Kier alpha value is -2.86. The molecule has 0 aliphatic carbocycles. The fraction of sp³-hybridized carbons (Fsp3) is 0.609. The lowest BCUT2D eigenvalue weighted by atomic mass is 9.89. The van der Waals surface area contributed by atoms with E-state index in [0.29, 0.717) is 0 Å². The normalized spacial score (nSPS) is 38.9. The highest BCUT2D eigenvalue weighted by Crippen LogP contribution is 2.43.